The van der Waals surface area contributed by atoms with Crippen molar-refractivity contribution in [3.05, 3.63) is 22.3 Å². The summed E-state index contributed by atoms with van der Waals surface area (Å²) < 4.78 is 5.83. The number of ether oxygens (including phenoxy) is 1. The zero-order valence-corrected chi connectivity index (χ0v) is 15.9. The summed E-state index contributed by atoms with van der Waals surface area (Å²) in [5.41, 5.74) is 5.36. The highest BCUT2D eigenvalue weighted by molar-refractivity contribution is 6.21. The van der Waals surface area contributed by atoms with Crippen molar-refractivity contribution in [1.82, 2.24) is 4.90 Å². The van der Waals surface area contributed by atoms with Crippen LogP contribution in [0.15, 0.2) is 27.4 Å². The molecule has 1 N–H and O–H groups in total. The van der Waals surface area contributed by atoms with Crippen molar-refractivity contribution in [2.75, 3.05) is 19.6 Å². The Balaban J connectivity index is 2.14. The quantitative estimate of drug-likeness (QED) is 0.453. The Hall–Kier alpha value is -1.66. The van der Waals surface area contributed by atoms with Gasteiger partial charge in [0.25, 0.3) is 0 Å². The number of rotatable bonds is 6. The number of aliphatic carboxylic acids is 1. The van der Waals surface area contributed by atoms with Gasteiger partial charge in [-0.3, -0.25) is 4.90 Å². The number of carbonyl (C=O) groups is 1. The molecule has 6 nitrogen and oxygen atoms in total. The molecule has 3 atom stereocenters. The van der Waals surface area contributed by atoms with Crippen molar-refractivity contribution in [2.24, 2.45) is 5.16 Å². The van der Waals surface area contributed by atoms with Crippen LogP contribution in [-0.4, -0.2) is 60.1 Å². The van der Waals surface area contributed by atoms with Gasteiger partial charge in [-0.1, -0.05) is 16.3 Å². The lowest BCUT2D eigenvalue weighted by Gasteiger charge is -2.37. The predicted molar refractivity (Wildman–Crippen MR) is 97.8 cm³/mol. The first-order valence-electron chi connectivity index (χ1n) is 8.92. The Morgan fingerprint density at radius 3 is 2.52 bits per heavy atom. The van der Waals surface area contributed by atoms with E-state index in [1.165, 1.54) is 22.3 Å². The van der Waals surface area contributed by atoms with Gasteiger partial charge in [-0.25, -0.2) is 4.79 Å². The SMILES string of the molecule is CC1=C(C)CC(C(C)O/N=C/C(=O)O)=C(CN2CC(C)OC(C)C2)C1. The molecule has 140 valence electrons. The van der Waals surface area contributed by atoms with Gasteiger partial charge in [0.15, 0.2) is 6.21 Å². The van der Waals surface area contributed by atoms with Crippen LogP contribution in [0.25, 0.3) is 0 Å². The zero-order valence-electron chi connectivity index (χ0n) is 15.9. The molecule has 0 bridgehead atoms. The first-order chi connectivity index (χ1) is 11.8. The molecular weight excluding hydrogens is 320 g/mol. The summed E-state index contributed by atoms with van der Waals surface area (Å²) in [4.78, 5) is 18.4. The molecule has 0 radical (unpaired) electrons. The van der Waals surface area contributed by atoms with Crippen molar-refractivity contribution in [3.8, 4) is 0 Å². The van der Waals surface area contributed by atoms with Crippen LogP contribution in [0.5, 0.6) is 0 Å². The maximum atomic E-state index is 10.6. The fourth-order valence-corrected chi connectivity index (χ4v) is 3.65. The highest BCUT2D eigenvalue weighted by atomic mass is 16.6. The van der Waals surface area contributed by atoms with Gasteiger partial charge in [0.1, 0.15) is 6.10 Å². The predicted octanol–water partition coefficient (Wildman–Crippen LogP) is 3.00. The zero-order chi connectivity index (χ0) is 18.6. The molecule has 2 rings (SSSR count). The number of morpholine rings is 1. The van der Waals surface area contributed by atoms with Crippen molar-refractivity contribution >= 4 is 12.2 Å². The van der Waals surface area contributed by atoms with Gasteiger partial charge in [0.2, 0.25) is 0 Å². The lowest BCUT2D eigenvalue weighted by molar-refractivity contribution is -0.129. The fraction of sp³-hybridized carbons (Fsp3) is 0.684. The van der Waals surface area contributed by atoms with Crippen molar-refractivity contribution < 1.29 is 19.5 Å². The maximum Gasteiger partial charge on any atom is 0.350 e. The molecule has 25 heavy (non-hydrogen) atoms. The van der Waals surface area contributed by atoms with Crippen LogP contribution in [-0.2, 0) is 14.4 Å². The Kier molecular flexibility index (Phi) is 6.79. The molecule has 0 saturated carbocycles. The third kappa shape index (κ3) is 5.68. The number of hydrogen-bond acceptors (Lipinski definition) is 5. The smallest absolute Gasteiger partial charge is 0.350 e. The van der Waals surface area contributed by atoms with E-state index in [-0.39, 0.29) is 18.3 Å². The lowest BCUT2D eigenvalue weighted by atomic mass is 9.84. The molecule has 0 aromatic heterocycles. The van der Waals surface area contributed by atoms with Crippen molar-refractivity contribution in [2.45, 2.75) is 65.8 Å². The topological polar surface area (TPSA) is 71.4 Å². The summed E-state index contributed by atoms with van der Waals surface area (Å²) in [6.45, 7) is 13.2. The average molecular weight is 350 g/mol. The van der Waals surface area contributed by atoms with E-state index in [9.17, 15) is 4.79 Å². The van der Waals surface area contributed by atoms with E-state index in [0.29, 0.717) is 0 Å². The normalized spacial score (nSPS) is 27.1. The first-order valence-corrected chi connectivity index (χ1v) is 8.92. The van der Waals surface area contributed by atoms with Crippen LogP contribution in [0.3, 0.4) is 0 Å². The number of hydrogen-bond donors (Lipinski definition) is 1. The molecule has 0 amide bonds. The summed E-state index contributed by atoms with van der Waals surface area (Å²) in [6, 6.07) is 0. The third-order valence-corrected chi connectivity index (χ3v) is 4.90. The van der Waals surface area contributed by atoms with Crippen LogP contribution in [0, 0.1) is 0 Å². The Morgan fingerprint density at radius 1 is 1.32 bits per heavy atom. The second-order valence-corrected chi connectivity index (χ2v) is 7.31. The van der Waals surface area contributed by atoms with Gasteiger partial charge in [0.05, 0.1) is 12.2 Å². The molecule has 2 aliphatic rings. The molecule has 6 heteroatoms. The minimum atomic E-state index is -1.10. The van der Waals surface area contributed by atoms with E-state index in [4.69, 9.17) is 14.7 Å². The van der Waals surface area contributed by atoms with Crippen LogP contribution in [0.4, 0.5) is 0 Å². The molecular formula is C19H30N2O4. The van der Waals surface area contributed by atoms with Crippen LogP contribution < -0.4 is 0 Å². The van der Waals surface area contributed by atoms with Crippen LogP contribution >= 0.6 is 0 Å². The molecule has 1 aliphatic carbocycles. The Labute approximate surface area is 150 Å². The number of allylic oxidation sites excluding steroid dienone is 2. The van der Waals surface area contributed by atoms with E-state index in [2.05, 4.69) is 37.8 Å². The molecule has 0 aromatic carbocycles. The minimum Gasteiger partial charge on any atom is -0.477 e. The number of oxime groups is 1. The second-order valence-electron chi connectivity index (χ2n) is 7.31. The lowest BCUT2D eigenvalue weighted by Crippen LogP contribution is -2.46. The summed E-state index contributed by atoms with van der Waals surface area (Å²) >= 11 is 0. The summed E-state index contributed by atoms with van der Waals surface area (Å²) in [5.74, 6) is -1.10. The Morgan fingerprint density at radius 2 is 1.92 bits per heavy atom. The molecule has 0 spiro atoms. The monoisotopic (exact) mass is 350 g/mol. The molecule has 0 aromatic rings. The van der Waals surface area contributed by atoms with Gasteiger partial charge >= 0.3 is 5.97 Å². The largest absolute Gasteiger partial charge is 0.477 e. The highest BCUT2D eigenvalue weighted by Gasteiger charge is 2.27. The Bertz CT molecular complexity index is 584. The van der Waals surface area contributed by atoms with Crippen LogP contribution in [0.2, 0.25) is 0 Å². The average Bonchev–Trinajstić information content (AvgIpc) is 2.49. The van der Waals surface area contributed by atoms with Gasteiger partial charge < -0.3 is 14.7 Å². The first kappa shape index (κ1) is 19.7. The highest BCUT2D eigenvalue weighted by Crippen LogP contribution is 2.33. The van der Waals surface area contributed by atoms with Crippen molar-refractivity contribution in [3.63, 3.8) is 0 Å². The van der Waals surface area contributed by atoms with Gasteiger partial charge in [-0.05, 0) is 58.6 Å². The number of carboxylic acids is 1. The molecule has 1 heterocycles. The van der Waals surface area contributed by atoms with Gasteiger partial charge in [-0.15, -0.1) is 0 Å². The fourth-order valence-electron chi connectivity index (χ4n) is 3.65. The molecule has 1 fully saturated rings. The van der Waals surface area contributed by atoms with E-state index in [1.807, 2.05) is 6.92 Å². The van der Waals surface area contributed by atoms with E-state index >= 15 is 0 Å². The van der Waals surface area contributed by atoms with E-state index < -0.39 is 5.97 Å². The maximum absolute atomic E-state index is 10.6. The summed E-state index contributed by atoms with van der Waals surface area (Å²) in [7, 11) is 0. The molecule has 1 aliphatic heterocycles. The summed E-state index contributed by atoms with van der Waals surface area (Å²) in [6.07, 6.45) is 2.84. The van der Waals surface area contributed by atoms with Crippen molar-refractivity contribution in [1.29, 1.82) is 0 Å². The van der Waals surface area contributed by atoms with Gasteiger partial charge in [-0.2, -0.15) is 0 Å². The molecule has 3 unspecified atom stereocenters. The number of nitrogens with zero attached hydrogens (tertiary/aromatic N) is 2. The standard InChI is InChI=1S/C19H30N2O4/c1-12-6-17(11-21-9-14(3)24-15(4)10-21)18(7-13(12)2)16(5)25-20-8-19(22)23/h8,14-16H,6-7,9-11H2,1-5H3,(H,22,23)/b20-8+. The van der Waals surface area contributed by atoms with E-state index in [1.54, 1.807) is 0 Å². The second kappa shape index (κ2) is 8.63. The summed E-state index contributed by atoms with van der Waals surface area (Å²) in [5, 5.41) is 12.3. The third-order valence-electron chi connectivity index (χ3n) is 4.90. The van der Waals surface area contributed by atoms with Gasteiger partial charge in [0, 0.05) is 19.6 Å². The van der Waals surface area contributed by atoms with Crippen LogP contribution in [0.1, 0.15) is 47.5 Å². The minimum absolute atomic E-state index is 0.232. The number of carboxylic acid groups (broad SMARTS) is 1. The molecule has 1 saturated heterocycles. The van der Waals surface area contributed by atoms with E-state index in [0.717, 1.165) is 38.7 Å².